The highest BCUT2D eigenvalue weighted by molar-refractivity contribution is 6.04. The topological polar surface area (TPSA) is 171 Å². The predicted octanol–water partition coefficient (Wildman–Crippen LogP) is 7.00. The van der Waals surface area contributed by atoms with E-state index < -0.39 is 70.8 Å². The molecule has 0 bridgehead atoms. The Balaban J connectivity index is 1.50. The maximum Gasteiger partial charge on any atom is 0.329 e. The van der Waals surface area contributed by atoms with E-state index in [9.17, 15) is 24.0 Å². The molecular weight excluding hydrogens is 765 g/mol. The summed E-state index contributed by atoms with van der Waals surface area (Å²) in [5.74, 6) is -2.92. The lowest BCUT2D eigenvalue weighted by Gasteiger charge is -2.34. The van der Waals surface area contributed by atoms with Crippen molar-refractivity contribution in [1.29, 1.82) is 0 Å². The number of hydrogen-bond acceptors (Lipinski definition) is 10. The average molecular weight is 827 g/mol. The Labute approximate surface area is 353 Å². The third kappa shape index (κ3) is 11.6. The smallest absolute Gasteiger partial charge is 0.329 e. The molecular formula is C47H62N4O9. The zero-order valence-corrected chi connectivity index (χ0v) is 36.5. The Hall–Kier alpha value is -5.46. The van der Waals surface area contributed by atoms with Crippen LogP contribution in [0.1, 0.15) is 99.8 Å². The third-order valence-electron chi connectivity index (χ3n) is 11.0. The fraction of sp³-hybridized carbons (Fsp3) is 0.532. The van der Waals surface area contributed by atoms with Gasteiger partial charge in [-0.1, -0.05) is 83.7 Å². The summed E-state index contributed by atoms with van der Waals surface area (Å²) >= 11 is 0. The minimum Gasteiger partial charge on any atom is -0.497 e. The first kappa shape index (κ1) is 45.6. The van der Waals surface area contributed by atoms with Crippen LogP contribution in [0, 0.1) is 17.3 Å². The van der Waals surface area contributed by atoms with Crippen molar-refractivity contribution in [2.24, 2.45) is 17.3 Å². The Bertz CT molecular complexity index is 2050. The van der Waals surface area contributed by atoms with E-state index >= 15 is 0 Å². The van der Waals surface area contributed by atoms with Gasteiger partial charge in [-0.05, 0) is 69.6 Å². The van der Waals surface area contributed by atoms with Crippen molar-refractivity contribution in [3.63, 3.8) is 0 Å². The summed E-state index contributed by atoms with van der Waals surface area (Å²) in [6.45, 7) is 12.6. The van der Waals surface area contributed by atoms with E-state index in [1.54, 1.807) is 40.0 Å². The molecule has 5 rings (SSSR count). The Morgan fingerprint density at radius 2 is 1.55 bits per heavy atom. The molecule has 60 heavy (non-hydrogen) atoms. The molecule has 13 nitrogen and oxygen atoms in total. The summed E-state index contributed by atoms with van der Waals surface area (Å²) in [5.41, 5.74) is 0.620. The van der Waals surface area contributed by atoms with Crippen LogP contribution in [0.3, 0.4) is 0 Å². The molecule has 2 aromatic carbocycles. The number of fused-ring (bicyclic) bond motifs is 1. The maximum atomic E-state index is 14.6. The fourth-order valence-electron chi connectivity index (χ4n) is 7.90. The molecule has 0 saturated heterocycles. The van der Waals surface area contributed by atoms with Crippen LogP contribution in [0.15, 0.2) is 66.2 Å². The number of pyridine rings is 1. The molecule has 1 aromatic heterocycles. The molecule has 324 valence electrons. The maximum absolute atomic E-state index is 14.6. The highest BCUT2D eigenvalue weighted by atomic mass is 16.6. The van der Waals surface area contributed by atoms with E-state index in [0.717, 1.165) is 37.7 Å². The number of aromatic nitrogens is 1. The van der Waals surface area contributed by atoms with Crippen LogP contribution in [0.4, 0.5) is 0 Å². The molecule has 0 spiro atoms. The minimum absolute atomic E-state index is 0.0564. The number of amides is 3. The van der Waals surface area contributed by atoms with Gasteiger partial charge in [0.1, 0.15) is 41.3 Å². The van der Waals surface area contributed by atoms with Gasteiger partial charge in [-0.3, -0.25) is 14.4 Å². The average Bonchev–Trinajstić information content (AvgIpc) is 3.64. The van der Waals surface area contributed by atoms with Crippen molar-refractivity contribution in [2.75, 3.05) is 14.2 Å². The SMILES string of the molecule is CCC[C@H](NC(=O)[C@@H]1C[C@@H](Oc2cc(-c3ccccc3)nc3cc(OC)ccc23)C=C1C(=O)N[C@H](C(=O)N[C@H](C(=O)OC)C1CCCCC1)C(C)(C)C)C(=O)OC(C)(C)C. The lowest BCUT2D eigenvalue weighted by Crippen LogP contribution is -2.58. The van der Waals surface area contributed by atoms with Crippen molar-refractivity contribution < 1.29 is 42.9 Å². The van der Waals surface area contributed by atoms with Gasteiger partial charge in [0.05, 0.1) is 31.3 Å². The number of hydrogen-bond donors (Lipinski definition) is 3. The quantitative estimate of drug-likeness (QED) is 0.136. The monoisotopic (exact) mass is 826 g/mol. The Kier molecular flexibility index (Phi) is 15.0. The van der Waals surface area contributed by atoms with Crippen molar-refractivity contribution in [3.8, 4) is 22.8 Å². The zero-order chi connectivity index (χ0) is 43.8. The number of esters is 2. The number of nitrogens with zero attached hydrogens (tertiary/aromatic N) is 1. The summed E-state index contributed by atoms with van der Waals surface area (Å²) in [5, 5.41) is 9.39. The van der Waals surface area contributed by atoms with E-state index in [2.05, 4.69) is 16.0 Å². The molecule has 0 aliphatic heterocycles. The van der Waals surface area contributed by atoms with Gasteiger partial charge in [0.2, 0.25) is 17.7 Å². The van der Waals surface area contributed by atoms with E-state index in [0.29, 0.717) is 40.9 Å². The highest BCUT2D eigenvalue weighted by Gasteiger charge is 2.43. The van der Waals surface area contributed by atoms with Crippen LogP contribution < -0.4 is 25.4 Å². The number of ether oxygens (including phenoxy) is 4. The molecule has 2 aliphatic rings. The highest BCUT2D eigenvalue weighted by Crippen LogP contribution is 2.37. The van der Waals surface area contributed by atoms with Crippen LogP contribution in [0.2, 0.25) is 0 Å². The van der Waals surface area contributed by atoms with Gasteiger partial charge in [-0.25, -0.2) is 14.6 Å². The summed E-state index contributed by atoms with van der Waals surface area (Å²) in [4.78, 5) is 74.2. The van der Waals surface area contributed by atoms with Crippen LogP contribution in [-0.4, -0.2) is 78.7 Å². The zero-order valence-electron chi connectivity index (χ0n) is 36.5. The molecule has 3 amide bonds. The summed E-state index contributed by atoms with van der Waals surface area (Å²) in [6, 6.07) is 14.0. The lowest BCUT2D eigenvalue weighted by atomic mass is 9.82. The van der Waals surface area contributed by atoms with Gasteiger partial charge in [0, 0.05) is 35.1 Å². The summed E-state index contributed by atoms with van der Waals surface area (Å²) in [7, 11) is 2.88. The molecule has 0 radical (unpaired) electrons. The second-order valence-electron chi connectivity index (χ2n) is 17.9. The molecule has 1 fully saturated rings. The first-order valence-corrected chi connectivity index (χ1v) is 21.1. The van der Waals surface area contributed by atoms with Gasteiger partial charge < -0.3 is 34.9 Å². The molecule has 5 atom stereocenters. The van der Waals surface area contributed by atoms with Crippen molar-refractivity contribution in [2.45, 2.75) is 130 Å². The Morgan fingerprint density at radius 1 is 0.850 bits per heavy atom. The van der Waals surface area contributed by atoms with Gasteiger partial charge in [-0.2, -0.15) is 0 Å². The molecule has 3 N–H and O–H groups in total. The first-order valence-electron chi connectivity index (χ1n) is 21.1. The lowest BCUT2D eigenvalue weighted by molar-refractivity contribution is -0.159. The molecule has 2 aliphatic carbocycles. The third-order valence-corrected chi connectivity index (χ3v) is 11.0. The second-order valence-corrected chi connectivity index (χ2v) is 17.9. The van der Waals surface area contributed by atoms with Crippen molar-refractivity contribution in [3.05, 3.63) is 66.2 Å². The van der Waals surface area contributed by atoms with E-state index in [1.807, 2.05) is 76.2 Å². The largest absolute Gasteiger partial charge is 0.497 e. The van der Waals surface area contributed by atoms with Crippen LogP contribution in [0.5, 0.6) is 11.5 Å². The first-order chi connectivity index (χ1) is 28.4. The number of carbonyl (C=O) groups is 5. The molecule has 1 heterocycles. The van der Waals surface area contributed by atoms with Crippen LogP contribution >= 0.6 is 0 Å². The molecule has 0 unspecified atom stereocenters. The minimum atomic E-state index is -1.10. The van der Waals surface area contributed by atoms with Crippen LogP contribution in [0.25, 0.3) is 22.2 Å². The standard InChI is InChI=1S/C47H62N4O9/c1-10-17-35(44(55)60-47(5,6)7)49-41(52)33-24-31(59-38-27-36(28-18-13-11-14-19-28)48-37-26-30(57-8)22-23-32(37)38)25-34(33)42(53)51-40(46(2,3)4)43(54)50-39(45(56)58-9)29-20-15-12-16-21-29/h11,13-14,18-19,22-23,25-27,29,31,33,35,39-40H,10,12,15-17,20-21,24H2,1-9H3,(H,49,52)(H,50,54)(H,51,53)/t31-,33-,35+,39+,40-/m1/s1. The number of nitrogens with one attached hydrogen (secondary N) is 3. The van der Waals surface area contributed by atoms with E-state index in [1.165, 1.54) is 7.11 Å². The summed E-state index contributed by atoms with van der Waals surface area (Å²) < 4.78 is 22.9. The number of rotatable bonds is 15. The van der Waals surface area contributed by atoms with Gasteiger partial charge in [0.25, 0.3) is 0 Å². The molecule has 13 heteroatoms. The van der Waals surface area contributed by atoms with Crippen molar-refractivity contribution in [1.82, 2.24) is 20.9 Å². The van der Waals surface area contributed by atoms with Crippen LogP contribution in [-0.2, 0) is 33.4 Å². The fourth-order valence-corrected chi connectivity index (χ4v) is 7.90. The molecule has 3 aromatic rings. The van der Waals surface area contributed by atoms with Gasteiger partial charge in [0.15, 0.2) is 0 Å². The predicted molar refractivity (Wildman–Crippen MR) is 229 cm³/mol. The van der Waals surface area contributed by atoms with Gasteiger partial charge >= 0.3 is 11.9 Å². The second kappa shape index (κ2) is 19.7. The number of benzene rings is 2. The van der Waals surface area contributed by atoms with E-state index in [4.69, 9.17) is 23.9 Å². The number of carbonyl (C=O) groups excluding carboxylic acids is 5. The normalized spacial score (nSPS) is 18.6. The Morgan fingerprint density at radius 3 is 2.17 bits per heavy atom. The van der Waals surface area contributed by atoms with E-state index in [-0.39, 0.29) is 17.9 Å². The summed E-state index contributed by atoms with van der Waals surface area (Å²) in [6.07, 6.45) is 6.28. The number of methoxy groups -OCH3 is 2. The van der Waals surface area contributed by atoms with Gasteiger partial charge in [-0.15, -0.1) is 0 Å². The molecule has 1 saturated carbocycles. The van der Waals surface area contributed by atoms with Crippen molar-refractivity contribution >= 4 is 40.6 Å².